The van der Waals surface area contributed by atoms with E-state index in [0.29, 0.717) is 50.5 Å². The normalized spacial score (nSPS) is 17.4. The molecule has 4 heterocycles. The number of rotatable bonds is 4. The van der Waals surface area contributed by atoms with Crippen LogP contribution in [0.2, 0.25) is 0 Å². The van der Waals surface area contributed by atoms with Gasteiger partial charge in [0.05, 0.1) is 35.7 Å². The van der Waals surface area contributed by atoms with E-state index in [1.54, 1.807) is 22.7 Å². The van der Waals surface area contributed by atoms with Gasteiger partial charge in [-0.25, -0.2) is 18.7 Å². The Bertz CT molecular complexity index is 1310. The molecular weight excluding hydrogens is 456 g/mol. The molecule has 182 valence electrons. The van der Waals surface area contributed by atoms with Gasteiger partial charge in [0.2, 0.25) is 11.8 Å². The van der Waals surface area contributed by atoms with Crippen LogP contribution in [0.4, 0.5) is 20.3 Å². The Kier molecular flexibility index (Phi) is 5.91. The Labute approximate surface area is 200 Å². The molecule has 0 aliphatic carbocycles. The first-order valence-electron chi connectivity index (χ1n) is 11.4. The Hall–Kier alpha value is -3.89. The average Bonchev–Trinajstić information content (AvgIpc) is 3.49. The van der Waals surface area contributed by atoms with Crippen LogP contribution in [0.15, 0.2) is 30.6 Å². The smallest absolute Gasteiger partial charge is 0.229 e. The van der Waals surface area contributed by atoms with E-state index in [4.69, 9.17) is 9.97 Å². The van der Waals surface area contributed by atoms with E-state index in [1.165, 1.54) is 6.07 Å². The SMILES string of the molecule is CC(=O)N1CCc2nc(N3CCC(C(=O)Nc4ccc(F)cc4F)C3)c(-c3cnn(C)c3)nc2C1. The third kappa shape index (κ3) is 4.58. The summed E-state index contributed by atoms with van der Waals surface area (Å²) in [6, 6.07) is 3.07. The van der Waals surface area contributed by atoms with Crippen molar-refractivity contribution in [3.05, 3.63) is 53.6 Å². The molecule has 1 saturated heterocycles. The molecule has 0 saturated carbocycles. The molecule has 35 heavy (non-hydrogen) atoms. The minimum atomic E-state index is -0.813. The van der Waals surface area contributed by atoms with Crippen LogP contribution < -0.4 is 10.2 Å². The molecule has 1 fully saturated rings. The van der Waals surface area contributed by atoms with E-state index in [-0.39, 0.29) is 17.5 Å². The fourth-order valence-electron chi connectivity index (χ4n) is 4.54. The first-order chi connectivity index (χ1) is 16.8. The van der Waals surface area contributed by atoms with Crippen LogP contribution in [0.1, 0.15) is 24.7 Å². The van der Waals surface area contributed by atoms with E-state index >= 15 is 0 Å². The van der Waals surface area contributed by atoms with Crippen molar-refractivity contribution < 1.29 is 18.4 Å². The molecule has 1 atom stereocenters. The van der Waals surface area contributed by atoms with Crippen molar-refractivity contribution in [3.63, 3.8) is 0 Å². The maximum atomic E-state index is 14.0. The molecule has 0 spiro atoms. The molecular formula is C24H25F2N7O2. The molecule has 1 unspecified atom stereocenters. The minimum absolute atomic E-state index is 0.00422. The van der Waals surface area contributed by atoms with Crippen molar-refractivity contribution in [1.29, 1.82) is 0 Å². The highest BCUT2D eigenvalue weighted by atomic mass is 19.1. The Morgan fingerprint density at radius 2 is 1.97 bits per heavy atom. The first kappa shape index (κ1) is 22.9. The summed E-state index contributed by atoms with van der Waals surface area (Å²) in [5.41, 5.74) is 2.99. The van der Waals surface area contributed by atoms with Crippen LogP contribution in [-0.2, 0) is 29.6 Å². The molecule has 9 nitrogen and oxygen atoms in total. The van der Waals surface area contributed by atoms with E-state index in [0.717, 1.165) is 29.1 Å². The Morgan fingerprint density at radius 1 is 1.14 bits per heavy atom. The van der Waals surface area contributed by atoms with E-state index in [1.807, 2.05) is 18.1 Å². The number of nitrogens with one attached hydrogen (secondary N) is 1. The van der Waals surface area contributed by atoms with Gasteiger partial charge in [-0.2, -0.15) is 5.10 Å². The number of benzene rings is 1. The van der Waals surface area contributed by atoms with Crippen molar-refractivity contribution in [2.45, 2.75) is 26.3 Å². The maximum Gasteiger partial charge on any atom is 0.229 e. The van der Waals surface area contributed by atoms with E-state index < -0.39 is 17.6 Å². The molecule has 0 bridgehead atoms. The predicted molar refractivity (Wildman–Crippen MR) is 124 cm³/mol. The lowest BCUT2D eigenvalue weighted by Crippen LogP contribution is -2.36. The number of fused-ring (bicyclic) bond motifs is 1. The van der Waals surface area contributed by atoms with Crippen LogP contribution in [-0.4, -0.2) is 56.1 Å². The first-order valence-corrected chi connectivity index (χ1v) is 11.4. The average molecular weight is 482 g/mol. The highest BCUT2D eigenvalue weighted by molar-refractivity contribution is 5.93. The zero-order valence-corrected chi connectivity index (χ0v) is 19.5. The van der Waals surface area contributed by atoms with Gasteiger partial charge in [-0.15, -0.1) is 0 Å². The maximum absolute atomic E-state index is 14.0. The van der Waals surface area contributed by atoms with Gasteiger partial charge in [-0.05, 0) is 18.6 Å². The standard InChI is InChI=1S/C24H25F2N7O2/c1-14(34)32-8-6-20-21(13-32)28-22(16-10-27-31(2)11-16)23(29-20)33-7-5-15(12-33)24(35)30-19-4-3-17(25)9-18(19)26/h3-4,9-11,15H,5-8,12-13H2,1-2H3,(H,30,35). The summed E-state index contributed by atoms with van der Waals surface area (Å²) in [5.74, 6) is -1.58. The lowest BCUT2D eigenvalue weighted by Gasteiger charge is -2.29. The summed E-state index contributed by atoms with van der Waals surface area (Å²) in [6.07, 6.45) is 4.72. The number of carbonyl (C=O) groups is 2. The monoisotopic (exact) mass is 481 g/mol. The number of nitrogens with zero attached hydrogens (tertiary/aromatic N) is 6. The number of carbonyl (C=O) groups excluding carboxylic acids is 2. The molecule has 3 aromatic rings. The number of aryl methyl sites for hydroxylation is 1. The number of halogens is 2. The summed E-state index contributed by atoms with van der Waals surface area (Å²) >= 11 is 0. The van der Waals surface area contributed by atoms with Crippen LogP contribution in [0, 0.1) is 17.6 Å². The number of aromatic nitrogens is 4. The Balaban J connectivity index is 1.41. The van der Waals surface area contributed by atoms with Gasteiger partial charge in [-0.3, -0.25) is 14.3 Å². The van der Waals surface area contributed by atoms with Gasteiger partial charge in [0.1, 0.15) is 17.3 Å². The molecule has 1 aromatic carbocycles. The summed E-state index contributed by atoms with van der Waals surface area (Å²) in [7, 11) is 1.82. The molecule has 5 rings (SSSR count). The number of hydrogen-bond acceptors (Lipinski definition) is 6. The van der Waals surface area contributed by atoms with E-state index in [9.17, 15) is 18.4 Å². The van der Waals surface area contributed by atoms with Crippen LogP contribution >= 0.6 is 0 Å². The predicted octanol–water partition coefficient (Wildman–Crippen LogP) is 2.52. The largest absolute Gasteiger partial charge is 0.354 e. The summed E-state index contributed by atoms with van der Waals surface area (Å²) in [4.78, 5) is 38.3. The Morgan fingerprint density at radius 3 is 2.69 bits per heavy atom. The van der Waals surface area contributed by atoms with Crippen LogP contribution in [0.25, 0.3) is 11.3 Å². The minimum Gasteiger partial charge on any atom is -0.354 e. The molecule has 2 aliphatic rings. The molecule has 1 N–H and O–H groups in total. The molecule has 11 heteroatoms. The second-order valence-corrected chi connectivity index (χ2v) is 8.93. The fraction of sp³-hybridized carbons (Fsp3) is 0.375. The van der Waals surface area contributed by atoms with Crippen LogP contribution in [0.5, 0.6) is 0 Å². The third-order valence-corrected chi connectivity index (χ3v) is 6.46. The van der Waals surface area contributed by atoms with Crippen molar-refractivity contribution in [2.75, 3.05) is 29.9 Å². The van der Waals surface area contributed by atoms with Crippen LogP contribution in [0.3, 0.4) is 0 Å². The van der Waals surface area contributed by atoms with Gasteiger partial charge in [0.25, 0.3) is 0 Å². The zero-order valence-electron chi connectivity index (χ0n) is 19.5. The lowest BCUT2D eigenvalue weighted by molar-refractivity contribution is -0.129. The molecule has 2 aromatic heterocycles. The van der Waals surface area contributed by atoms with Crippen molar-refractivity contribution in [2.24, 2.45) is 13.0 Å². The topological polar surface area (TPSA) is 96.3 Å². The van der Waals surface area contributed by atoms with Crippen molar-refractivity contribution in [1.82, 2.24) is 24.6 Å². The van der Waals surface area contributed by atoms with Crippen molar-refractivity contribution in [3.8, 4) is 11.3 Å². The van der Waals surface area contributed by atoms with Gasteiger partial charge in [0, 0.05) is 57.9 Å². The highest BCUT2D eigenvalue weighted by Crippen LogP contribution is 2.33. The van der Waals surface area contributed by atoms with Gasteiger partial charge in [0.15, 0.2) is 5.82 Å². The van der Waals surface area contributed by atoms with Gasteiger partial charge < -0.3 is 15.1 Å². The van der Waals surface area contributed by atoms with Gasteiger partial charge >= 0.3 is 0 Å². The molecule has 2 aliphatic heterocycles. The highest BCUT2D eigenvalue weighted by Gasteiger charge is 2.33. The number of anilines is 2. The summed E-state index contributed by atoms with van der Waals surface area (Å²) in [6.45, 7) is 3.48. The summed E-state index contributed by atoms with van der Waals surface area (Å²) in [5, 5.41) is 6.83. The van der Waals surface area contributed by atoms with Crippen molar-refractivity contribution >= 4 is 23.3 Å². The molecule has 0 radical (unpaired) electrons. The van der Waals surface area contributed by atoms with E-state index in [2.05, 4.69) is 10.4 Å². The second-order valence-electron chi connectivity index (χ2n) is 8.93. The molecule has 2 amide bonds. The fourth-order valence-corrected chi connectivity index (χ4v) is 4.54. The lowest BCUT2D eigenvalue weighted by atomic mass is 10.1. The number of amides is 2. The summed E-state index contributed by atoms with van der Waals surface area (Å²) < 4.78 is 28.9. The second kappa shape index (κ2) is 9.05. The quantitative estimate of drug-likeness (QED) is 0.615. The third-order valence-electron chi connectivity index (χ3n) is 6.46. The zero-order chi connectivity index (χ0) is 24.7. The van der Waals surface area contributed by atoms with Gasteiger partial charge in [-0.1, -0.05) is 0 Å². The number of hydrogen-bond donors (Lipinski definition) is 1.